The summed E-state index contributed by atoms with van der Waals surface area (Å²) in [5, 5.41) is 7.23. The molecule has 0 saturated carbocycles. The maximum atomic E-state index is 3.61. The Balaban J connectivity index is -0.000000216. The average Bonchev–Trinajstić information content (AvgIpc) is 2.33. The molecule has 0 bridgehead atoms. The van der Waals surface area contributed by atoms with Gasteiger partial charge in [0.2, 0.25) is 0 Å². The van der Waals surface area contributed by atoms with E-state index in [1.807, 2.05) is 0 Å². The van der Waals surface area contributed by atoms with E-state index < -0.39 is 0 Å². The molecule has 0 aromatic heterocycles. The van der Waals surface area contributed by atoms with Crippen LogP contribution in [0.4, 0.5) is 0 Å². The Labute approximate surface area is 164 Å². The molecule has 1 fully saturated rings. The summed E-state index contributed by atoms with van der Waals surface area (Å²) in [4.78, 5) is 4.85. The zero-order valence-corrected chi connectivity index (χ0v) is 17.3. The van der Waals surface area contributed by atoms with Crippen LogP contribution in [0.5, 0.6) is 0 Å². The molecule has 6 nitrogen and oxygen atoms in total. The Morgan fingerprint density at radius 3 is 1.30 bits per heavy atom. The number of halogens is 2. The zero-order chi connectivity index (χ0) is 13.4. The van der Waals surface area contributed by atoms with E-state index in [0.717, 1.165) is 26.2 Å². The van der Waals surface area contributed by atoms with Crippen molar-refractivity contribution in [3.8, 4) is 0 Å². The second-order valence-electron chi connectivity index (χ2n) is 5.89. The number of hydrogen-bond donors (Lipinski definition) is 2. The van der Waals surface area contributed by atoms with Gasteiger partial charge in [-0.25, -0.2) is 0 Å². The maximum Gasteiger partial charge on any atom is 2.00 e. The van der Waals surface area contributed by atoms with E-state index in [-0.39, 0.29) is 52.3 Å². The largest absolute Gasteiger partial charge is 2.00 e. The minimum atomic E-state index is 0. The van der Waals surface area contributed by atoms with Gasteiger partial charge >= 0.3 is 16.5 Å². The van der Waals surface area contributed by atoms with E-state index in [4.69, 9.17) is 0 Å². The van der Waals surface area contributed by atoms with Crippen LogP contribution in [0, 0.1) is 0 Å². The maximum absolute atomic E-state index is 3.61. The fourth-order valence-corrected chi connectivity index (χ4v) is 2.26. The number of likely N-dealkylation sites (N-methyl/N-ethyl adjacent to an activating group) is 2. The Morgan fingerprint density at radius 2 is 1.00 bits per heavy atom. The van der Waals surface area contributed by atoms with Crippen LogP contribution in [-0.2, 0) is 16.5 Å². The predicted octanol–water partition coefficient (Wildman–Crippen LogP) is -7.04. The normalized spacial score (nSPS) is 25.0. The second kappa shape index (κ2) is 20.9. The third-order valence-electron chi connectivity index (χ3n) is 3.86. The molecule has 9 heteroatoms. The third-order valence-corrected chi connectivity index (χ3v) is 3.86. The van der Waals surface area contributed by atoms with Crippen LogP contribution >= 0.6 is 0 Å². The van der Waals surface area contributed by atoms with Gasteiger partial charge < -0.3 is 56.2 Å². The Morgan fingerprint density at radius 1 is 0.696 bits per heavy atom. The summed E-state index contributed by atoms with van der Waals surface area (Å²) in [6, 6.07) is 1.24. The molecule has 0 aliphatic carbocycles. The van der Waals surface area contributed by atoms with Gasteiger partial charge in [-0.05, 0) is 53.9 Å². The number of nitrogens with one attached hydrogen (secondary N) is 2. The summed E-state index contributed by atoms with van der Waals surface area (Å²) in [5.74, 6) is 0. The molecule has 23 heavy (non-hydrogen) atoms. The number of nitrogens with zero attached hydrogens (tertiary/aromatic N) is 2. The van der Waals surface area contributed by atoms with Crippen LogP contribution in [0.25, 0.3) is 0 Å². The molecule has 0 amide bonds. The Bertz CT molecular complexity index is 193. The molecule has 0 aromatic rings. The number of rotatable bonds is 0. The van der Waals surface area contributed by atoms with Gasteiger partial charge in [-0.15, -0.1) is 0 Å². The van der Waals surface area contributed by atoms with Crippen molar-refractivity contribution in [2.45, 2.75) is 38.8 Å². The van der Waals surface area contributed by atoms with Crippen LogP contribution in [0.2, 0.25) is 0 Å². The van der Waals surface area contributed by atoms with Gasteiger partial charge in [0.15, 0.2) is 0 Å². The predicted molar refractivity (Wildman–Crippen MR) is 86.4 cm³/mol. The van der Waals surface area contributed by atoms with Gasteiger partial charge in [-0.2, -0.15) is 0 Å². The molecule has 6 N–H and O–H groups in total. The van der Waals surface area contributed by atoms with Gasteiger partial charge in [-0.1, -0.05) is 0 Å². The molecule has 0 unspecified atom stereocenters. The van der Waals surface area contributed by atoms with Gasteiger partial charge in [0.25, 0.3) is 0 Å². The molecular weight excluding hydrogens is 386 g/mol. The van der Waals surface area contributed by atoms with Crippen molar-refractivity contribution in [2.24, 2.45) is 0 Å². The van der Waals surface area contributed by atoms with Crippen molar-refractivity contribution in [1.82, 2.24) is 20.4 Å². The Kier molecular flexibility index (Phi) is 31.8. The molecule has 0 radical (unpaired) electrons. The topological polar surface area (TPSA) is 93.5 Å². The van der Waals surface area contributed by atoms with Crippen LogP contribution in [0.15, 0.2) is 0 Å². The quantitative estimate of drug-likeness (QED) is 0.380. The minimum Gasteiger partial charge on any atom is -1.00 e. The first kappa shape index (κ1) is 35.0. The van der Waals surface area contributed by atoms with Crippen LogP contribution in [-0.4, -0.2) is 86.2 Å². The molecule has 1 aliphatic heterocycles. The zero-order valence-electron chi connectivity index (χ0n) is 14.8. The first-order valence-corrected chi connectivity index (χ1v) is 7.41. The fourth-order valence-electron chi connectivity index (χ4n) is 2.26. The van der Waals surface area contributed by atoms with Crippen molar-refractivity contribution in [3.05, 3.63) is 0 Å². The summed E-state index contributed by atoms with van der Waals surface area (Å²) in [7, 11) is 4.44. The van der Waals surface area contributed by atoms with E-state index in [1.54, 1.807) is 0 Å². The summed E-state index contributed by atoms with van der Waals surface area (Å²) < 4.78 is 0. The van der Waals surface area contributed by atoms with Crippen LogP contribution in [0.3, 0.4) is 0 Å². The molecule has 148 valence electrons. The molecular formula is C14H36Cl2N4NiO2. The minimum absolute atomic E-state index is 0. The van der Waals surface area contributed by atoms with E-state index in [1.165, 1.54) is 25.9 Å². The van der Waals surface area contributed by atoms with Crippen molar-refractivity contribution in [1.29, 1.82) is 0 Å². The molecule has 1 heterocycles. The fraction of sp³-hybridized carbons (Fsp3) is 1.00. The van der Waals surface area contributed by atoms with Crippen molar-refractivity contribution < 1.29 is 52.3 Å². The summed E-state index contributed by atoms with van der Waals surface area (Å²) in [5.41, 5.74) is 0. The van der Waals surface area contributed by atoms with Crippen molar-refractivity contribution in [3.63, 3.8) is 0 Å². The molecule has 0 spiro atoms. The summed E-state index contributed by atoms with van der Waals surface area (Å²) >= 11 is 0. The van der Waals surface area contributed by atoms with Gasteiger partial charge in [0.1, 0.15) is 0 Å². The molecule has 1 aliphatic rings. The van der Waals surface area contributed by atoms with Crippen LogP contribution in [0.1, 0.15) is 26.7 Å². The van der Waals surface area contributed by atoms with Gasteiger partial charge in [-0.3, -0.25) is 0 Å². The smallest absolute Gasteiger partial charge is 1.00 e. The third kappa shape index (κ3) is 19.0. The van der Waals surface area contributed by atoms with E-state index >= 15 is 0 Å². The second-order valence-corrected chi connectivity index (χ2v) is 5.89. The Hall–Kier alpha value is 0.834. The summed E-state index contributed by atoms with van der Waals surface area (Å²) in [6.45, 7) is 11.4. The van der Waals surface area contributed by atoms with Crippen LogP contribution < -0.4 is 35.4 Å². The van der Waals surface area contributed by atoms with Crippen molar-refractivity contribution >= 4 is 0 Å². The van der Waals surface area contributed by atoms with E-state index in [0.29, 0.717) is 12.1 Å². The van der Waals surface area contributed by atoms with E-state index in [2.05, 4.69) is 48.4 Å². The average molecular weight is 422 g/mol. The first-order chi connectivity index (χ1) is 8.58. The molecule has 1 saturated heterocycles. The molecule has 2 atom stereocenters. The van der Waals surface area contributed by atoms with Crippen molar-refractivity contribution in [2.75, 3.05) is 53.4 Å². The van der Waals surface area contributed by atoms with E-state index in [9.17, 15) is 0 Å². The summed E-state index contributed by atoms with van der Waals surface area (Å²) in [6.07, 6.45) is 2.46. The first-order valence-electron chi connectivity index (χ1n) is 7.41. The molecule has 1 rings (SSSR count). The van der Waals surface area contributed by atoms with Gasteiger partial charge in [0.05, 0.1) is 0 Å². The standard InChI is InChI=1S/C14H32N4.2ClH.Ni.2H2O/c1-13-5-9-17(3)12-8-16-14(2)6-10-18(4)11-7-15-13;;;;;/h13-16H,5-12H2,1-4H3;2*1H;;2*1H2/q;;;+2;;/p-2/t13-,14+;;;;;. The SMILES string of the molecule is C[C@@H]1CCN(C)CCN[C@@H](C)CCN(C)CCN1.O.O.[Cl-].[Cl-].[Ni+2]. The monoisotopic (exact) mass is 420 g/mol. The number of hydrogen-bond acceptors (Lipinski definition) is 4. The van der Waals surface area contributed by atoms with Gasteiger partial charge in [0, 0.05) is 38.3 Å². The molecule has 0 aromatic carbocycles.